The Labute approximate surface area is 453 Å². The third-order valence-electron chi connectivity index (χ3n) is 17.1. The van der Waals surface area contributed by atoms with E-state index in [4.69, 9.17) is 9.97 Å². The number of aromatic nitrogens is 4. The topological polar surface area (TPSA) is 35.6 Å². The van der Waals surface area contributed by atoms with Crippen LogP contribution >= 0.6 is 0 Å². The Kier molecular flexibility index (Phi) is 10.0. The zero-order valence-electron chi connectivity index (χ0n) is 46.6. The second kappa shape index (κ2) is 16.3. The summed E-state index contributed by atoms with van der Waals surface area (Å²) < 4.78 is 5.25. The highest BCUT2D eigenvalue weighted by Gasteiger charge is 2.42. The molecule has 0 spiro atoms. The molecule has 4 nitrogen and oxygen atoms in total. The summed E-state index contributed by atoms with van der Waals surface area (Å²) in [4.78, 5) is 10.8. The van der Waals surface area contributed by atoms with E-state index in [1.807, 2.05) is 0 Å². The SMILES string of the molecule is CC(C)(C)c1ccc(-c2cc3c4c(c2)c2cc(C(C)(C)C)ccc2n4-c2cc(-c4nc(-c5ccccc5)nc5ccccc45)cc4c2B3c2cc(-c3ccc(C(C)(C)C)cc3)cc3c5cc(C(C)(C)C)ccc5n-4c23)cc1. The summed E-state index contributed by atoms with van der Waals surface area (Å²) >= 11 is 0. The standard InChI is InChI=1S/C72H65BN4/c1-69(2,3)48-26-22-42(23-27-48)45-34-55-53-40-50(71(7,8)9)30-32-60(53)76-62-38-47(65-52-20-16-17-21-59(52)74-68(75-65)44-18-14-13-15-19-44)39-63-64(62)73(57(36-45)66(55)76)58-37-46(43-24-28-49(29-25-43)70(4,5)6)35-56-54-41-51(72(10,11)12)31-33-61(54)77(63)67(56)58/h13-41H,1-12H3. The monoisotopic (exact) mass is 997 g/mol. The van der Waals surface area contributed by atoms with E-state index in [-0.39, 0.29) is 28.4 Å². The molecule has 0 N–H and O–H groups in total. The number of hydrogen-bond acceptors (Lipinski definition) is 2. The third-order valence-corrected chi connectivity index (χ3v) is 17.1. The average Bonchev–Trinajstić information content (AvgIpc) is 4.03. The van der Waals surface area contributed by atoms with Gasteiger partial charge in [0, 0.05) is 60.5 Å². The molecule has 2 aliphatic heterocycles. The molecular weight excluding hydrogens is 932 g/mol. The van der Waals surface area contributed by atoms with Crippen molar-refractivity contribution in [3.63, 3.8) is 0 Å². The van der Waals surface area contributed by atoms with E-state index in [0.29, 0.717) is 0 Å². The summed E-state index contributed by atoms with van der Waals surface area (Å²) in [5.74, 6) is 0.720. The maximum absolute atomic E-state index is 5.57. The van der Waals surface area contributed by atoms with Crippen molar-refractivity contribution in [2.24, 2.45) is 0 Å². The minimum Gasteiger partial charge on any atom is -0.310 e. The lowest BCUT2D eigenvalue weighted by molar-refractivity contribution is 0.590. The molecule has 77 heavy (non-hydrogen) atoms. The Morgan fingerprint density at radius 2 is 0.779 bits per heavy atom. The van der Waals surface area contributed by atoms with Gasteiger partial charge in [0.1, 0.15) is 0 Å². The largest absolute Gasteiger partial charge is 0.310 e. The van der Waals surface area contributed by atoms with Crippen molar-refractivity contribution in [3.8, 4) is 56.3 Å². The van der Waals surface area contributed by atoms with Crippen molar-refractivity contribution >= 4 is 77.6 Å². The maximum atomic E-state index is 5.57. The fraction of sp³-hybridized carbons (Fsp3) is 0.222. The number of para-hydroxylation sites is 1. The Bertz CT molecular complexity index is 4220. The Hall–Kier alpha value is -8.02. The number of nitrogens with zero attached hydrogens (tertiary/aromatic N) is 4. The normalized spacial score (nSPS) is 13.4. The van der Waals surface area contributed by atoms with Gasteiger partial charge in [0.2, 0.25) is 0 Å². The first kappa shape index (κ1) is 47.4. The molecule has 376 valence electrons. The molecule has 0 unspecified atom stereocenters. The van der Waals surface area contributed by atoms with Gasteiger partial charge in [-0.15, -0.1) is 0 Å². The first-order valence-corrected chi connectivity index (χ1v) is 27.7. The van der Waals surface area contributed by atoms with Crippen LogP contribution < -0.4 is 16.4 Å². The van der Waals surface area contributed by atoms with Crippen LogP contribution in [0.4, 0.5) is 0 Å². The van der Waals surface area contributed by atoms with Gasteiger partial charge in [0.15, 0.2) is 5.82 Å². The average molecular weight is 997 g/mol. The summed E-state index contributed by atoms with van der Waals surface area (Å²) in [7, 11) is 0. The summed E-state index contributed by atoms with van der Waals surface area (Å²) in [5, 5.41) is 6.14. The predicted octanol–water partition coefficient (Wildman–Crippen LogP) is 16.8. The van der Waals surface area contributed by atoms with Crippen molar-refractivity contribution in [2.75, 3.05) is 0 Å². The minimum absolute atomic E-state index is 0.0447. The molecule has 9 aromatic carbocycles. The van der Waals surface area contributed by atoms with Crippen LogP contribution in [0.3, 0.4) is 0 Å². The number of fused-ring (bicyclic) bond motifs is 11. The molecule has 12 aromatic rings. The van der Waals surface area contributed by atoms with E-state index >= 15 is 0 Å². The van der Waals surface area contributed by atoms with Gasteiger partial charge < -0.3 is 9.13 Å². The first-order chi connectivity index (χ1) is 36.7. The lowest BCUT2D eigenvalue weighted by atomic mass is 9.34. The van der Waals surface area contributed by atoms with Crippen LogP contribution in [0.15, 0.2) is 176 Å². The molecule has 0 aliphatic carbocycles. The van der Waals surface area contributed by atoms with Gasteiger partial charge in [-0.05, 0) is 137 Å². The maximum Gasteiger partial charge on any atom is 0.252 e. The molecular formula is C72H65BN4. The molecule has 0 amide bonds. The second-order valence-electron chi connectivity index (χ2n) is 26.4. The molecule has 0 atom stereocenters. The lowest BCUT2D eigenvalue weighted by Gasteiger charge is -2.35. The highest BCUT2D eigenvalue weighted by Crippen LogP contribution is 2.45. The quantitative estimate of drug-likeness (QED) is 0.165. The predicted molar refractivity (Wildman–Crippen MR) is 329 cm³/mol. The van der Waals surface area contributed by atoms with E-state index in [1.54, 1.807) is 0 Å². The molecule has 3 aromatic heterocycles. The second-order valence-corrected chi connectivity index (χ2v) is 26.4. The molecule has 0 fully saturated rings. The summed E-state index contributed by atoms with van der Waals surface area (Å²) in [6.45, 7) is 27.7. The lowest BCUT2D eigenvalue weighted by Crippen LogP contribution is -2.59. The van der Waals surface area contributed by atoms with Crippen molar-refractivity contribution in [1.82, 2.24) is 19.1 Å². The smallest absolute Gasteiger partial charge is 0.252 e. The highest BCUT2D eigenvalue weighted by molar-refractivity contribution is 7.00. The van der Waals surface area contributed by atoms with Gasteiger partial charge in [-0.1, -0.05) is 204 Å². The zero-order chi connectivity index (χ0) is 53.2. The molecule has 5 heteroatoms. The van der Waals surface area contributed by atoms with Crippen molar-refractivity contribution in [3.05, 3.63) is 198 Å². The van der Waals surface area contributed by atoms with Crippen LogP contribution in [-0.2, 0) is 21.7 Å². The van der Waals surface area contributed by atoms with Crippen molar-refractivity contribution in [2.45, 2.75) is 105 Å². The van der Waals surface area contributed by atoms with Crippen LogP contribution in [0.25, 0.3) is 111 Å². The van der Waals surface area contributed by atoms with E-state index < -0.39 is 0 Å². The Morgan fingerprint density at radius 1 is 0.338 bits per heavy atom. The van der Waals surface area contributed by atoms with E-state index in [0.717, 1.165) is 33.5 Å². The van der Waals surface area contributed by atoms with Crippen LogP contribution in [0.1, 0.15) is 105 Å². The summed E-state index contributed by atoms with van der Waals surface area (Å²) in [6.07, 6.45) is 0. The number of hydrogen-bond donors (Lipinski definition) is 0. The Balaban J connectivity index is 1.16. The molecule has 0 saturated heterocycles. The van der Waals surface area contributed by atoms with E-state index in [2.05, 4.69) is 268 Å². The highest BCUT2D eigenvalue weighted by atomic mass is 15.0. The van der Waals surface area contributed by atoms with E-state index in [9.17, 15) is 0 Å². The van der Waals surface area contributed by atoms with Gasteiger partial charge in [-0.25, -0.2) is 9.97 Å². The van der Waals surface area contributed by atoms with Crippen molar-refractivity contribution in [1.29, 1.82) is 0 Å². The van der Waals surface area contributed by atoms with Crippen LogP contribution in [0.2, 0.25) is 0 Å². The van der Waals surface area contributed by atoms with Gasteiger partial charge >= 0.3 is 0 Å². The molecule has 0 saturated carbocycles. The third kappa shape index (κ3) is 7.33. The van der Waals surface area contributed by atoms with Crippen molar-refractivity contribution < 1.29 is 0 Å². The minimum atomic E-state index is -0.0959. The van der Waals surface area contributed by atoms with Gasteiger partial charge in [-0.2, -0.15) is 0 Å². The fourth-order valence-electron chi connectivity index (χ4n) is 12.8. The van der Waals surface area contributed by atoms with Crippen LogP contribution in [0.5, 0.6) is 0 Å². The van der Waals surface area contributed by atoms with Crippen LogP contribution in [0, 0.1) is 0 Å². The van der Waals surface area contributed by atoms with Gasteiger partial charge in [-0.3, -0.25) is 0 Å². The number of rotatable bonds is 4. The molecule has 5 heterocycles. The van der Waals surface area contributed by atoms with Crippen LogP contribution in [-0.4, -0.2) is 25.8 Å². The zero-order valence-corrected chi connectivity index (χ0v) is 46.6. The molecule has 14 rings (SSSR count). The Morgan fingerprint density at radius 3 is 1.25 bits per heavy atom. The number of benzene rings is 9. The fourth-order valence-corrected chi connectivity index (χ4v) is 12.8. The molecule has 0 bridgehead atoms. The van der Waals surface area contributed by atoms with Gasteiger partial charge in [0.25, 0.3) is 6.71 Å². The summed E-state index contributed by atoms with van der Waals surface area (Å²) in [6, 6.07) is 67.3. The first-order valence-electron chi connectivity index (χ1n) is 27.7. The molecule has 0 radical (unpaired) electrons. The van der Waals surface area contributed by atoms with E-state index in [1.165, 1.54) is 116 Å². The van der Waals surface area contributed by atoms with Gasteiger partial charge in [0.05, 0.1) is 22.2 Å². The molecule has 2 aliphatic rings. The summed E-state index contributed by atoms with van der Waals surface area (Å²) in [5.41, 5.74) is 25.5.